The first-order valence-corrected chi connectivity index (χ1v) is 10.1. The Bertz CT molecular complexity index is 733. The molecule has 0 saturated carbocycles. The number of carbonyl (C=O) groups is 2. The lowest BCUT2D eigenvalue weighted by atomic mass is 9.94. The molecular weight excluding hydrogens is 436 g/mol. The number of nitrogens with one attached hydrogen (secondary N) is 2. The molecule has 2 aliphatic rings. The van der Waals surface area contributed by atoms with Crippen LogP contribution in [0.4, 0.5) is 0 Å². The van der Waals surface area contributed by atoms with Gasteiger partial charge < -0.3 is 40.3 Å². The fraction of sp³-hybridized carbons (Fsp3) is 0.857. The third-order valence-electron chi connectivity index (χ3n) is 4.62. The molecule has 0 aliphatic carbocycles. The number of carboxylic acid groups (broad SMARTS) is 1. The van der Waals surface area contributed by atoms with Gasteiger partial charge in [0.2, 0.25) is 5.91 Å². The Hall–Kier alpha value is -1.47. The molecule has 2 aliphatic heterocycles. The van der Waals surface area contributed by atoms with E-state index in [4.69, 9.17) is 14.0 Å². The van der Waals surface area contributed by atoms with Gasteiger partial charge in [0.25, 0.3) is 0 Å². The van der Waals surface area contributed by atoms with E-state index in [0.29, 0.717) is 0 Å². The van der Waals surface area contributed by atoms with Gasteiger partial charge in [-0.15, -0.1) is 0 Å². The first-order valence-electron chi connectivity index (χ1n) is 8.70. The lowest BCUT2D eigenvalue weighted by molar-refractivity contribution is -0.296. The number of carboxylic acids is 1. The zero-order valence-electron chi connectivity index (χ0n) is 15.6. The molecule has 0 bridgehead atoms. The van der Waals surface area contributed by atoms with E-state index in [-0.39, 0.29) is 6.54 Å². The maximum atomic E-state index is 11.5. The van der Waals surface area contributed by atoms with E-state index < -0.39 is 83.9 Å². The SMILES string of the molecule is CC(=O)N[C@H]1[C@@H](O[C@H]2[C@H](O)[C@@H](O)CN[C@@H]2C(=O)O)O[C@H](COS(=O)(=O)O)[C@@H](O)[C@@H]1O. The minimum Gasteiger partial charge on any atom is -0.480 e. The molecular formula is C14H24N2O13S. The molecule has 0 unspecified atom stereocenters. The molecule has 2 saturated heterocycles. The van der Waals surface area contributed by atoms with Crippen LogP contribution in [0, 0.1) is 0 Å². The third kappa shape index (κ3) is 6.03. The fourth-order valence-corrected chi connectivity index (χ4v) is 3.48. The van der Waals surface area contributed by atoms with Gasteiger partial charge in [0.15, 0.2) is 6.29 Å². The maximum absolute atomic E-state index is 11.5. The van der Waals surface area contributed by atoms with Crippen molar-refractivity contribution in [3.63, 3.8) is 0 Å². The van der Waals surface area contributed by atoms with Gasteiger partial charge >= 0.3 is 16.4 Å². The topological polar surface area (TPSA) is 241 Å². The molecule has 16 heteroatoms. The summed E-state index contributed by atoms with van der Waals surface area (Å²) in [6, 6.07) is -2.98. The summed E-state index contributed by atoms with van der Waals surface area (Å²) in [6.07, 6.45) is -11.7. The van der Waals surface area contributed by atoms with Gasteiger partial charge in [-0.1, -0.05) is 0 Å². The monoisotopic (exact) mass is 460 g/mol. The quantitative estimate of drug-likeness (QED) is 0.166. The summed E-state index contributed by atoms with van der Waals surface area (Å²) < 4.78 is 45.2. The van der Waals surface area contributed by atoms with Crippen molar-refractivity contribution in [3.05, 3.63) is 0 Å². The average Bonchev–Trinajstić information content (AvgIpc) is 2.62. The van der Waals surface area contributed by atoms with Crippen LogP contribution in [0.3, 0.4) is 0 Å². The Morgan fingerprint density at radius 3 is 2.33 bits per heavy atom. The van der Waals surface area contributed by atoms with Crippen molar-refractivity contribution >= 4 is 22.3 Å². The van der Waals surface area contributed by atoms with Crippen LogP contribution in [0.25, 0.3) is 0 Å². The highest BCUT2D eigenvalue weighted by molar-refractivity contribution is 7.80. The van der Waals surface area contributed by atoms with Crippen molar-refractivity contribution in [2.75, 3.05) is 13.2 Å². The summed E-state index contributed by atoms with van der Waals surface area (Å²) in [4.78, 5) is 22.9. The van der Waals surface area contributed by atoms with E-state index in [1.165, 1.54) is 0 Å². The smallest absolute Gasteiger partial charge is 0.397 e. The summed E-state index contributed by atoms with van der Waals surface area (Å²) in [7, 11) is -4.92. The van der Waals surface area contributed by atoms with Crippen LogP contribution in [0.15, 0.2) is 0 Å². The second kappa shape index (κ2) is 9.77. The van der Waals surface area contributed by atoms with E-state index in [2.05, 4.69) is 14.8 Å². The van der Waals surface area contributed by atoms with Gasteiger partial charge in [0.05, 0.1) is 12.7 Å². The first-order chi connectivity index (χ1) is 13.8. The Labute approximate surface area is 170 Å². The van der Waals surface area contributed by atoms with Crippen LogP contribution in [-0.4, -0.2) is 119 Å². The summed E-state index contributed by atoms with van der Waals surface area (Å²) >= 11 is 0. The van der Waals surface area contributed by atoms with Gasteiger partial charge in [-0.3, -0.25) is 19.5 Å². The van der Waals surface area contributed by atoms with Crippen LogP contribution in [-0.2, 0) is 33.6 Å². The zero-order chi connectivity index (χ0) is 22.8. The Balaban J connectivity index is 2.28. The molecule has 2 heterocycles. The highest BCUT2D eigenvalue weighted by Crippen LogP contribution is 2.26. The molecule has 2 rings (SSSR count). The van der Waals surface area contributed by atoms with Gasteiger partial charge in [-0.25, -0.2) is 4.18 Å². The molecule has 30 heavy (non-hydrogen) atoms. The number of aliphatic hydroxyl groups is 4. The molecule has 174 valence electrons. The molecule has 0 spiro atoms. The summed E-state index contributed by atoms with van der Waals surface area (Å²) in [5.74, 6) is -2.13. The summed E-state index contributed by atoms with van der Waals surface area (Å²) in [6.45, 7) is -0.143. The highest BCUT2D eigenvalue weighted by atomic mass is 32.3. The predicted molar refractivity (Wildman–Crippen MR) is 92.1 cm³/mol. The summed E-state index contributed by atoms with van der Waals surface area (Å²) in [5, 5.41) is 54.5. The lowest BCUT2D eigenvalue weighted by Gasteiger charge is -2.45. The molecule has 0 aromatic carbocycles. The number of β-amino-alcohol motifs (C(OH)–C–C–N with tert-alkyl or cyclic N) is 1. The number of hydrogen-bond donors (Lipinski definition) is 8. The standard InChI is InChI=1S/C14H24N2O13S/c1-4(17)16-7-11(21)10(20)6(3-27-30(24,25)26)28-14(7)29-12-8(13(22)23)15-2-5(18)9(12)19/h5-12,14-15,18-21H,2-3H2,1H3,(H,16,17)(H,22,23)(H,24,25,26)/t5-,6+,7+,8-,9+,10+,11+,12+,14+/m0/s1. The molecule has 0 aromatic rings. The average molecular weight is 460 g/mol. The number of rotatable bonds is 7. The van der Waals surface area contributed by atoms with E-state index in [0.717, 1.165) is 6.92 Å². The van der Waals surface area contributed by atoms with E-state index >= 15 is 0 Å². The van der Waals surface area contributed by atoms with Crippen molar-refractivity contribution in [1.29, 1.82) is 0 Å². The third-order valence-corrected chi connectivity index (χ3v) is 5.05. The number of aliphatic carboxylic acids is 1. The van der Waals surface area contributed by atoms with Gasteiger partial charge in [-0.05, 0) is 0 Å². The number of aliphatic hydroxyl groups excluding tert-OH is 4. The molecule has 1 amide bonds. The van der Waals surface area contributed by atoms with E-state index in [1.54, 1.807) is 0 Å². The van der Waals surface area contributed by atoms with Crippen molar-refractivity contribution in [2.45, 2.75) is 61.9 Å². The van der Waals surface area contributed by atoms with Crippen molar-refractivity contribution in [2.24, 2.45) is 0 Å². The number of carbonyl (C=O) groups excluding carboxylic acids is 1. The molecule has 8 N–H and O–H groups in total. The number of hydrogen-bond acceptors (Lipinski definition) is 12. The zero-order valence-corrected chi connectivity index (χ0v) is 16.4. The van der Waals surface area contributed by atoms with Crippen molar-refractivity contribution in [1.82, 2.24) is 10.6 Å². The van der Waals surface area contributed by atoms with Crippen molar-refractivity contribution in [3.8, 4) is 0 Å². The second-order valence-electron chi connectivity index (χ2n) is 6.85. The molecule has 0 aromatic heterocycles. The van der Waals surface area contributed by atoms with Gasteiger partial charge in [0.1, 0.15) is 42.6 Å². The first kappa shape index (κ1) is 24.8. The largest absolute Gasteiger partial charge is 0.480 e. The van der Waals surface area contributed by atoms with Crippen LogP contribution < -0.4 is 10.6 Å². The predicted octanol–water partition coefficient (Wildman–Crippen LogP) is -5.08. The van der Waals surface area contributed by atoms with E-state index in [9.17, 15) is 43.5 Å². The minimum atomic E-state index is -4.92. The minimum absolute atomic E-state index is 0.259. The Kier molecular flexibility index (Phi) is 8.08. The van der Waals surface area contributed by atoms with Crippen molar-refractivity contribution < 1.29 is 61.7 Å². The maximum Gasteiger partial charge on any atom is 0.397 e. The molecule has 15 nitrogen and oxygen atoms in total. The van der Waals surface area contributed by atoms with E-state index in [1.807, 2.05) is 0 Å². The number of ether oxygens (including phenoxy) is 2. The van der Waals surface area contributed by atoms with Crippen LogP contribution in [0.5, 0.6) is 0 Å². The number of piperidine rings is 1. The van der Waals surface area contributed by atoms with Gasteiger partial charge in [0, 0.05) is 13.5 Å². The second-order valence-corrected chi connectivity index (χ2v) is 7.94. The lowest BCUT2D eigenvalue weighted by Crippen LogP contribution is -2.69. The van der Waals surface area contributed by atoms with Crippen LogP contribution in [0.2, 0.25) is 0 Å². The molecule has 0 radical (unpaired) electrons. The molecule has 9 atom stereocenters. The fourth-order valence-electron chi connectivity index (χ4n) is 3.17. The molecule has 2 fully saturated rings. The number of amides is 1. The Morgan fingerprint density at radius 2 is 1.80 bits per heavy atom. The van der Waals surface area contributed by atoms with Gasteiger partial charge in [-0.2, -0.15) is 8.42 Å². The van der Waals surface area contributed by atoms with Crippen LogP contribution >= 0.6 is 0 Å². The normalized spacial score (nSPS) is 40.0. The summed E-state index contributed by atoms with van der Waals surface area (Å²) in [5.41, 5.74) is 0. The Morgan fingerprint density at radius 1 is 1.17 bits per heavy atom. The highest BCUT2D eigenvalue weighted by Gasteiger charge is 2.50. The van der Waals surface area contributed by atoms with Crippen LogP contribution in [0.1, 0.15) is 6.92 Å².